The Morgan fingerprint density at radius 2 is 2.00 bits per heavy atom. The Bertz CT molecular complexity index is 197. The van der Waals surface area contributed by atoms with Gasteiger partial charge in [0.2, 0.25) is 0 Å². The van der Waals surface area contributed by atoms with Crippen LogP contribution in [-0.2, 0) is 9.53 Å². The van der Waals surface area contributed by atoms with Crippen LogP contribution in [0.4, 0.5) is 0 Å². The Kier molecular flexibility index (Phi) is 2.96. The van der Waals surface area contributed by atoms with Crippen molar-refractivity contribution in [3.63, 3.8) is 0 Å². The summed E-state index contributed by atoms with van der Waals surface area (Å²) >= 11 is 0. The second kappa shape index (κ2) is 3.66. The SMILES string of the molecule is COC(=O)C1(C(C)N(C)C)CCC1. The molecule has 1 saturated carbocycles. The Hall–Kier alpha value is -0.570. The highest BCUT2D eigenvalue weighted by Crippen LogP contribution is 2.46. The molecule has 1 fully saturated rings. The van der Waals surface area contributed by atoms with Gasteiger partial charge >= 0.3 is 5.97 Å². The molecule has 0 aromatic heterocycles. The zero-order valence-electron chi connectivity index (χ0n) is 8.96. The molecule has 1 unspecified atom stereocenters. The van der Waals surface area contributed by atoms with E-state index in [-0.39, 0.29) is 17.4 Å². The molecular formula is C10H19NO2. The number of ether oxygens (including phenoxy) is 1. The van der Waals surface area contributed by atoms with Crippen LogP contribution in [0.1, 0.15) is 26.2 Å². The molecule has 0 amide bonds. The Balaban J connectivity index is 2.75. The van der Waals surface area contributed by atoms with E-state index in [9.17, 15) is 4.79 Å². The topological polar surface area (TPSA) is 29.5 Å². The van der Waals surface area contributed by atoms with Crippen LogP contribution in [0.15, 0.2) is 0 Å². The third-order valence-electron chi connectivity index (χ3n) is 3.41. The summed E-state index contributed by atoms with van der Waals surface area (Å²) in [5.74, 6) is -0.0417. The lowest BCUT2D eigenvalue weighted by Gasteiger charge is -2.46. The average Bonchev–Trinajstić information content (AvgIpc) is 2.01. The maximum Gasteiger partial charge on any atom is 0.313 e. The van der Waals surface area contributed by atoms with E-state index in [1.54, 1.807) is 0 Å². The molecule has 1 aliphatic rings. The van der Waals surface area contributed by atoms with Crippen molar-refractivity contribution < 1.29 is 9.53 Å². The van der Waals surface area contributed by atoms with Crippen LogP contribution in [0.2, 0.25) is 0 Å². The van der Waals surface area contributed by atoms with Gasteiger partial charge in [0.1, 0.15) is 0 Å². The highest BCUT2D eigenvalue weighted by atomic mass is 16.5. The van der Waals surface area contributed by atoms with Crippen molar-refractivity contribution in [2.75, 3.05) is 21.2 Å². The van der Waals surface area contributed by atoms with E-state index in [0.29, 0.717) is 0 Å². The molecule has 0 aromatic carbocycles. The van der Waals surface area contributed by atoms with Crippen LogP contribution >= 0.6 is 0 Å². The van der Waals surface area contributed by atoms with Gasteiger partial charge in [0.25, 0.3) is 0 Å². The lowest BCUT2D eigenvalue weighted by Crippen LogP contribution is -2.52. The maximum absolute atomic E-state index is 11.6. The molecule has 0 spiro atoms. The standard InChI is InChI=1S/C10H19NO2/c1-8(11(2)3)10(6-5-7-10)9(12)13-4/h8H,5-7H2,1-4H3. The van der Waals surface area contributed by atoms with Crippen LogP contribution in [-0.4, -0.2) is 38.1 Å². The molecule has 3 heteroatoms. The minimum atomic E-state index is -0.224. The van der Waals surface area contributed by atoms with Gasteiger partial charge in [-0.25, -0.2) is 0 Å². The van der Waals surface area contributed by atoms with E-state index in [0.717, 1.165) is 19.3 Å². The minimum Gasteiger partial charge on any atom is -0.469 e. The van der Waals surface area contributed by atoms with Gasteiger partial charge in [0.05, 0.1) is 12.5 Å². The van der Waals surface area contributed by atoms with Gasteiger partial charge in [-0.15, -0.1) is 0 Å². The number of methoxy groups -OCH3 is 1. The van der Waals surface area contributed by atoms with E-state index in [1.807, 2.05) is 14.1 Å². The van der Waals surface area contributed by atoms with Crippen LogP contribution in [0.25, 0.3) is 0 Å². The number of hydrogen-bond acceptors (Lipinski definition) is 3. The molecule has 0 saturated heterocycles. The number of nitrogens with zero attached hydrogens (tertiary/aromatic N) is 1. The smallest absolute Gasteiger partial charge is 0.313 e. The van der Waals surface area contributed by atoms with Crippen molar-refractivity contribution in [1.29, 1.82) is 0 Å². The lowest BCUT2D eigenvalue weighted by atomic mass is 9.64. The normalized spacial score (nSPS) is 22.2. The highest BCUT2D eigenvalue weighted by Gasteiger charge is 2.50. The first kappa shape index (κ1) is 10.5. The van der Waals surface area contributed by atoms with Crippen molar-refractivity contribution in [2.24, 2.45) is 5.41 Å². The zero-order valence-corrected chi connectivity index (χ0v) is 8.96. The van der Waals surface area contributed by atoms with Crippen LogP contribution in [0, 0.1) is 5.41 Å². The summed E-state index contributed by atoms with van der Waals surface area (Å²) < 4.78 is 4.86. The molecule has 76 valence electrons. The largest absolute Gasteiger partial charge is 0.469 e. The third kappa shape index (κ3) is 1.57. The molecule has 0 aromatic rings. The van der Waals surface area contributed by atoms with E-state index in [2.05, 4.69) is 11.8 Å². The summed E-state index contributed by atoms with van der Waals surface area (Å²) in [5.41, 5.74) is -0.224. The van der Waals surface area contributed by atoms with Crippen molar-refractivity contribution in [2.45, 2.75) is 32.2 Å². The second-order valence-corrected chi connectivity index (χ2v) is 4.14. The third-order valence-corrected chi connectivity index (χ3v) is 3.41. The summed E-state index contributed by atoms with van der Waals surface area (Å²) in [4.78, 5) is 13.7. The molecule has 0 aliphatic heterocycles. The monoisotopic (exact) mass is 185 g/mol. The molecule has 1 atom stereocenters. The van der Waals surface area contributed by atoms with Gasteiger partial charge in [-0.1, -0.05) is 6.42 Å². The van der Waals surface area contributed by atoms with Crippen molar-refractivity contribution in [3.8, 4) is 0 Å². The fourth-order valence-electron chi connectivity index (χ4n) is 2.05. The Morgan fingerprint density at radius 3 is 2.23 bits per heavy atom. The van der Waals surface area contributed by atoms with Gasteiger partial charge in [0, 0.05) is 6.04 Å². The summed E-state index contributed by atoms with van der Waals surface area (Å²) in [6, 6.07) is 0.272. The summed E-state index contributed by atoms with van der Waals surface area (Å²) in [5, 5.41) is 0. The fraction of sp³-hybridized carbons (Fsp3) is 0.900. The first-order valence-electron chi connectivity index (χ1n) is 4.79. The number of carbonyl (C=O) groups is 1. The van der Waals surface area contributed by atoms with E-state index < -0.39 is 0 Å². The van der Waals surface area contributed by atoms with E-state index in [4.69, 9.17) is 4.74 Å². The predicted molar refractivity (Wildman–Crippen MR) is 51.4 cm³/mol. The molecule has 0 bridgehead atoms. The van der Waals surface area contributed by atoms with Gasteiger partial charge in [-0.2, -0.15) is 0 Å². The molecule has 3 nitrogen and oxygen atoms in total. The van der Waals surface area contributed by atoms with E-state index >= 15 is 0 Å². The second-order valence-electron chi connectivity index (χ2n) is 4.14. The maximum atomic E-state index is 11.6. The molecular weight excluding hydrogens is 166 g/mol. The van der Waals surface area contributed by atoms with Gasteiger partial charge in [0.15, 0.2) is 0 Å². The fourth-order valence-corrected chi connectivity index (χ4v) is 2.05. The van der Waals surface area contributed by atoms with E-state index in [1.165, 1.54) is 7.11 Å². The number of rotatable bonds is 3. The molecule has 0 N–H and O–H groups in total. The quantitative estimate of drug-likeness (QED) is 0.620. The van der Waals surface area contributed by atoms with Crippen molar-refractivity contribution >= 4 is 5.97 Å². The van der Waals surface area contributed by atoms with Crippen molar-refractivity contribution in [3.05, 3.63) is 0 Å². The summed E-state index contributed by atoms with van der Waals surface area (Å²) in [7, 11) is 5.49. The number of hydrogen-bond donors (Lipinski definition) is 0. The minimum absolute atomic E-state index is 0.0417. The highest BCUT2D eigenvalue weighted by molar-refractivity contribution is 5.78. The lowest BCUT2D eigenvalue weighted by molar-refractivity contribution is -0.163. The first-order valence-corrected chi connectivity index (χ1v) is 4.79. The number of esters is 1. The molecule has 13 heavy (non-hydrogen) atoms. The number of carbonyl (C=O) groups excluding carboxylic acids is 1. The summed E-state index contributed by atoms with van der Waals surface area (Å²) in [6.45, 7) is 2.09. The molecule has 0 heterocycles. The van der Waals surface area contributed by atoms with Crippen molar-refractivity contribution in [1.82, 2.24) is 4.90 Å². The van der Waals surface area contributed by atoms with Crippen LogP contribution < -0.4 is 0 Å². The van der Waals surface area contributed by atoms with Crippen LogP contribution in [0.3, 0.4) is 0 Å². The van der Waals surface area contributed by atoms with Gasteiger partial charge in [-0.05, 0) is 33.9 Å². The zero-order chi connectivity index (χ0) is 10.1. The van der Waals surface area contributed by atoms with Gasteiger partial charge < -0.3 is 9.64 Å². The Labute approximate surface area is 80.1 Å². The first-order chi connectivity index (χ1) is 6.04. The van der Waals surface area contributed by atoms with Gasteiger partial charge in [-0.3, -0.25) is 4.79 Å². The molecule has 0 radical (unpaired) electrons. The average molecular weight is 185 g/mol. The predicted octanol–water partition coefficient (Wildman–Crippen LogP) is 1.28. The molecule has 1 rings (SSSR count). The Morgan fingerprint density at radius 1 is 1.46 bits per heavy atom. The molecule has 1 aliphatic carbocycles. The van der Waals surface area contributed by atoms with Crippen LogP contribution in [0.5, 0.6) is 0 Å². The summed E-state index contributed by atoms with van der Waals surface area (Å²) in [6.07, 6.45) is 3.09.